The topological polar surface area (TPSA) is 38.7 Å². The minimum atomic E-state index is -0.546. The van der Waals surface area contributed by atoms with Gasteiger partial charge in [-0.25, -0.2) is 0 Å². The van der Waals surface area contributed by atoms with Gasteiger partial charge in [-0.05, 0) is 61.8 Å². The van der Waals surface area contributed by atoms with Crippen LogP contribution in [-0.2, 0) is 11.2 Å². The van der Waals surface area contributed by atoms with Crippen molar-refractivity contribution in [2.45, 2.75) is 57.7 Å². The van der Waals surface area contributed by atoms with Crippen LogP contribution < -0.4 is 4.74 Å². The van der Waals surface area contributed by atoms with Crippen molar-refractivity contribution >= 4 is 0 Å². The van der Waals surface area contributed by atoms with E-state index in [-0.39, 0.29) is 0 Å². The highest BCUT2D eigenvalue weighted by Crippen LogP contribution is 2.44. The highest BCUT2D eigenvalue weighted by molar-refractivity contribution is 5.41. The van der Waals surface area contributed by atoms with E-state index in [1.54, 1.807) is 0 Å². The fourth-order valence-corrected chi connectivity index (χ4v) is 3.72. The molecule has 0 radical (unpaired) electrons. The van der Waals surface area contributed by atoms with Crippen molar-refractivity contribution in [1.29, 1.82) is 0 Å². The summed E-state index contributed by atoms with van der Waals surface area (Å²) in [4.78, 5) is 0. The highest BCUT2D eigenvalue weighted by Gasteiger charge is 2.42. The van der Waals surface area contributed by atoms with Crippen LogP contribution in [0.15, 0.2) is 18.2 Å². The van der Waals surface area contributed by atoms with Gasteiger partial charge in [0.05, 0.1) is 12.2 Å². The number of benzene rings is 1. The molecule has 1 aliphatic heterocycles. The molecule has 0 aromatic heterocycles. The molecule has 1 fully saturated rings. The second-order valence-corrected chi connectivity index (χ2v) is 6.55. The fourth-order valence-electron chi connectivity index (χ4n) is 3.72. The predicted octanol–water partition coefficient (Wildman–Crippen LogP) is 3.64. The smallest absolute Gasteiger partial charge is 0.122 e. The summed E-state index contributed by atoms with van der Waals surface area (Å²) in [7, 11) is 0. The largest absolute Gasteiger partial charge is 0.493 e. The van der Waals surface area contributed by atoms with Gasteiger partial charge >= 0.3 is 0 Å². The van der Waals surface area contributed by atoms with E-state index in [0.29, 0.717) is 6.61 Å². The third-order valence-corrected chi connectivity index (χ3v) is 5.08. The van der Waals surface area contributed by atoms with Crippen molar-refractivity contribution in [1.82, 2.24) is 0 Å². The van der Waals surface area contributed by atoms with Gasteiger partial charge in [-0.15, -0.1) is 0 Å². The van der Waals surface area contributed by atoms with Crippen LogP contribution in [0.2, 0.25) is 0 Å². The normalized spacial score (nSPS) is 29.8. The maximum atomic E-state index is 11.0. The van der Waals surface area contributed by atoms with Crippen molar-refractivity contribution < 1.29 is 14.6 Å². The Balaban J connectivity index is 1.85. The van der Waals surface area contributed by atoms with Crippen LogP contribution >= 0.6 is 0 Å². The molecule has 1 saturated carbocycles. The molecular weight excluding hydrogens is 264 g/mol. The van der Waals surface area contributed by atoms with Gasteiger partial charge in [-0.1, -0.05) is 13.0 Å². The third-order valence-electron chi connectivity index (χ3n) is 5.08. The first-order chi connectivity index (χ1) is 10.1. The zero-order valence-corrected chi connectivity index (χ0v) is 13.1. The Labute approximate surface area is 127 Å². The molecule has 1 aliphatic carbocycles. The van der Waals surface area contributed by atoms with Crippen LogP contribution in [-0.4, -0.2) is 23.9 Å². The van der Waals surface area contributed by atoms with Crippen molar-refractivity contribution in [2.75, 3.05) is 13.2 Å². The molecule has 0 saturated heterocycles. The zero-order valence-electron chi connectivity index (χ0n) is 13.1. The lowest BCUT2D eigenvalue weighted by Crippen LogP contribution is -2.42. The summed E-state index contributed by atoms with van der Waals surface area (Å²) in [5.41, 5.74) is 1.78. The van der Waals surface area contributed by atoms with Gasteiger partial charge in [0.2, 0.25) is 0 Å². The lowest BCUT2D eigenvalue weighted by Gasteiger charge is -2.42. The quantitative estimate of drug-likeness (QED) is 0.920. The fraction of sp³-hybridized carbons (Fsp3) is 0.667. The summed E-state index contributed by atoms with van der Waals surface area (Å²) >= 11 is 0. The second-order valence-electron chi connectivity index (χ2n) is 6.55. The Morgan fingerprint density at radius 1 is 1.38 bits per heavy atom. The molecule has 1 aromatic carbocycles. The lowest BCUT2D eigenvalue weighted by molar-refractivity contribution is -0.146. The molecule has 1 unspecified atom stereocenters. The minimum absolute atomic E-state index is 0.408. The number of hydrogen-bond donors (Lipinski definition) is 1. The van der Waals surface area contributed by atoms with Crippen LogP contribution in [0.25, 0.3) is 0 Å². The van der Waals surface area contributed by atoms with Gasteiger partial charge in [0, 0.05) is 13.0 Å². The highest BCUT2D eigenvalue weighted by atomic mass is 16.5. The van der Waals surface area contributed by atoms with Crippen molar-refractivity contribution in [3.63, 3.8) is 0 Å². The van der Waals surface area contributed by atoms with E-state index >= 15 is 0 Å². The molecule has 21 heavy (non-hydrogen) atoms. The van der Waals surface area contributed by atoms with E-state index in [1.807, 2.05) is 19.1 Å². The molecule has 0 spiro atoms. The Morgan fingerprint density at radius 2 is 2.14 bits per heavy atom. The molecule has 116 valence electrons. The summed E-state index contributed by atoms with van der Waals surface area (Å²) in [6, 6.07) is 6.09. The summed E-state index contributed by atoms with van der Waals surface area (Å²) in [6.07, 6.45) is 4.54. The standard InChI is InChI=1S/C18H26O3/c1-3-21-18(9-6-13(2)7-10-18)17(19)15-4-5-16-14(12-15)8-11-20-16/h4-5,12-13,17,19H,3,6-11H2,1-2H3. The third kappa shape index (κ3) is 2.82. The summed E-state index contributed by atoms with van der Waals surface area (Å²) in [5.74, 6) is 1.70. The molecule has 3 nitrogen and oxygen atoms in total. The average molecular weight is 290 g/mol. The number of hydrogen-bond acceptors (Lipinski definition) is 3. The first kappa shape index (κ1) is 14.9. The van der Waals surface area contributed by atoms with Crippen LogP contribution in [0.5, 0.6) is 5.75 Å². The molecule has 1 heterocycles. The van der Waals surface area contributed by atoms with E-state index < -0.39 is 11.7 Å². The van der Waals surface area contributed by atoms with Gasteiger partial charge in [0.1, 0.15) is 11.9 Å². The van der Waals surface area contributed by atoms with Gasteiger partial charge < -0.3 is 14.6 Å². The van der Waals surface area contributed by atoms with Crippen LogP contribution in [0.3, 0.4) is 0 Å². The molecule has 0 bridgehead atoms. The monoisotopic (exact) mass is 290 g/mol. The summed E-state index contributed by atoms with van der Waals surface area (Å²) in [6.45, 7) is 5.71. The van der Waals surface area contributed by atoms with Crippen LogP contribution in [0.1, 0.15) is 56.8 Å². The average Bonchev–Trinajstić information content (AvgIpc) is 2.97. The molecule has 1 N–H and O–H groups in total. The maximum absolute atomic E-state index is 11.0. The second kappa shape index (κ2) is 5.98. The molecular formula is C18H26O3. The lowest BCUT2D eigenvalue weighted by atomic mass is 9.74. The summed E-state index contributed by atoms with van der Waals surface area (Å²) < 4.78 is 11.6. The van der Waals surface area contributed by atoms with Gasteiger partial charge in [0.15, 0.2) is 0 Å². The number of aliphatic hydroxyl groups excluding tert-OH is 1. The summed E-state index contributed by atoms with van der Waals surface area (Å²) in [5, 5.41) is 11.0. The van der Waals surface area contributed by atoms with Crippen molar-refractivity contribution in [3.8, 4) is 5.75 Å². The Morgan fingerprint density at radius 3 is 2.86 bits per heavy atom. The first-order valence-corrected chi connectivity index (χ1v) is 8.22. The van der Waals surface area contributed by atoms with Crippen molar-refractivity contribution in [3.05, 3.63) is 29.3 Å². The Hall–Kier alpha value is -1.06. The Bertz CT molecular complexity index is 489. The molecule has 0 amide bonds. The zero-order chi connectivity index (χ0) is 14.9. The molecule has 1 atom stereocenters. The number of fused-ring (bicyclic) bond motifs is 1. The van der Waals surface area contributed by atoms with Gasteiger partial charge in [-0.2, -0.15) is 0 Å². The SMILES string of the molecule is CCOC1(C(O)c2ccc3c(c2)CCO3)CCC(C)CC1. The van der Waals surface area contributed by atoms with E-state index in [4.69, 9.17) is 9.47 Å². The molecule has 3 heteroatoms. The molecule has 1 aromatic rings. The molecule has 3 rings (SSSR count). The van der Waals surface area contributed by atoms with Gasteiger partial charge in [0.25, 0.3) is 0 Å². The number of ether oxygens (including phenoxy) is 2. The van der Waals surface area contributed by atoms with E-state index in [1.165, 1.54) is 5.56 Å². The number of rotatable bonds is 4. The first-order valence-electron chi connectivity index (χ1n) is 8.22. The van der Waals surface area contributed by atoms with Gasteiger partial charge in [-0.3, -0.25) is 0 Å². The van der Waals surface area contributed by atoms with E-state index in [2.05, 4.69) is 13.0 Å². The van der Waals surface area contributed by atoms with Crippen LogP contribution in [0, 0.1) is 5.92 Å². The van der Waals surface area contributed by atoms with E-state index in [9.17, 15) is 5.11 Å². The van der Waals surface area contributed by atoms with Crippen LogP contribution in [0.4, 0.5) is 0 Å². The molecule has 2 aliphatic rings. The minimum Gasteiger partial charge on any atom is -0.493 e. The Kier molecular flexibility index (Phi) is 4.23. The van der Waals surface area contributed by atoms with Crippen molar-refractivity contribution in [2.24, 2.45) is 5.92 Å². The predicted molar refractivity (Wildman–Crippen MR) is 82.6 cm³/mol. The maximum Gasteiger partial charge on any atom is 0.122 e. The number of aliphatic hydroxyl groups is 1. The van der Waals surface area contributed by atoms with E-state index in [0.717, 1.165) is 55.9 Å².